The molecule has 2 N–H and O–H groups in total. The highest BCUT2D eigenvalue weighted by Crippen LogP contribution is 2.90. The Balaban J connectivity index is 1.62. The van der Waals surface area contributed by atoms with Gasteiger partial charge in [-0.2, -0.15) is 0 Å². The van der Waals surface area contributed by atoms with E-state index in [1.807, 2.05) is 0 Å². The third kappa shape index (κ3) is 4.84. The topological polar surface area (TPSA) is 239 Å². The lowest BCUT2D eigenvalue weighted by atomic mass is 9.32. The van der Waals surface area contributed by atoms with E-state index in [1.165, 1.54) is 32.6 Å². The van der Waals surface area contributed by atoms with Gasteiger partial charge in [0.05, 0.1) is 36.5 Å². The zero-order chi connectivity index (χ0) is 45.7. The van der Waals surface area contributed by atoms with Gasteiger partial charge in [-0.1, -0.05) is 48.5 Å². The summed E-state index contributed by atoms with van der Waals surface area (Å²) in [6.45, 7) is 16.3. The van der Waals surface area contributed by atoms with Crippen LogP contribution in [0.4, 0.5) is 0 Å². The molecule has 4 saturated carbocycles. The van der Waals surface area contributed by atoms with E-state index < -0.39 is 152 Å². The molecule has 1 aromatic heterocycles. The molecule has 4 heterocycles. The van der Waals surface area contributed by atoms with Crippen LogP contribution in [0.1, 0.15) is 107 Å². The lowest BCUT2D eigenvalue weighted by Gasteiger charge is -2.78. The molecule has 4 aliphatic carbocycles. The minimum atomic E-state index is -2.63. The standard InChI is InChI=1S/C44H56O18/c1-13-20(4)33(50)59-35-37(8)18-41-39(10,25(37)16-26(48)53-12)44-32(56-22(6)46)31(55-21(5)45)38(9)29(27(28(49)19(2)3)34(51)58-30(38)24-14-15-54-17-24)43(44,61-40(11,60-41)62-44)36(42(35,41)52)57-23(7)47/h14-15,17,19-20,25,29-32,35-36,49,52H,13,16,18H2,1-12H3/b28-27-/t20?,25-,29+,30-,31-,32+,35-,36+,37+,38+,39+,40?,41?,42-,43+,44-/m0/s1. The number of methoxy groups -OCH3 is 1. The van der Waals surface area contributed by atoms with Crippen molar-refractivity contribution < 1.29 is 86.0 Å². The molecule has 18 nitrogen and oxygen atoms in total. The SMILES string of the molecule is CCC(C)C(=O)O[C@H]1[C@]2(C)CC34OC5(C)O[C@]6([C@@H]7/C(=C(/O)C(C)C)C(=O)O[C@@H](c8ccoc8)[C@]7(C)[C@@H](OC(C)=O)[C@@H](OC(C)=O)[C@]6(O5)[C@]3(C)[C@H]2CC(=O)OC)[C@H](OC(C)=O)[C@@]14O. The van der Waals surface area contributed by atoms with Crippen LogP contribution in [0.3, 0.4) is 0 Å². The predicted molar refractivity (Wildman–Crippen MR) is 205 cm³/mol. The van der Waals surface area contributed by atoms with E-state index in [9.17, 15) is 39.0 Å². The predicted octanol–water partition coefficient (Wildman–Crippen LogP) is 4.06. The minimum Gasteiger partial charge on any atom is -0.511 e. The summed E-state index contributed by atoms with van der Waals surface area (Å²) in [6.07, 6.45) is -6.31. The van der Waals surface area contributed by atoms with E-state index in [0.29, 0.717) is 6.42 Å². The molecule has 3 saturated heterocycles. The van der Waals surface area contributed by atoms with Crippen molar-refractivity contribution in [1.29, 1.82) is 0 Å². The van der Waals surface area contributed by atoms with Crippen LogP contribution in [0.15, 0.2) is 34.3 Å². The normalized spacial score (nSPS) is 46.5. The highest BCUT2D eigenvalue weighted by atomic mass is 16.9. The van der Waals surface area contributed by atoms with Gasteiger partial charge in [-0.05, 0) is 24.8 Å². The number of cyclic esters (lactones) is 1. The zero-order valence-electron chi connectivity index (χ0n) is 37.0. The van der Waals surface area contributed by atoms with Gasteiger partial charge in [-0.25, -0.2) is 4.79 Å². The summed E-state index contributed by atoms with van der Waals surface area (Å²) in [5.41, 5.74) is -15.1. The van der Waals surface area contributed by atoms with Gasteiger partial charge in [0.15, 0.2) is 35.1 Å². The maximum Gasteiger partial charge on any atom is 0.338 e. The molecule has 2 spiro atoms. The highest BCUT2D eigenvalue weighted by Gasteiger charge is 3.07. The van der Waals surface area contributed by atoms with Gasteiger partial charge < -0.3 is 57.3 Å². The van der Waals surface area contributed by atoms with Crippen LogP contribution in [-0.2, 0) is 71.4 Å². The summed E-state index contributed by atoms with van der Waals surface area (Å²) >= 11 is 0. The molecule has 16 atom stereocenters. The lowest BCUT2D eigenvalue weighted by Crippen LogP contribution is -2.97. The molecule has 4 bridgehead atoms. The van der Waals surface area contributed by atoms with Crippen molar-refractivity contribution in [2.24, 2.45) is 39.9 Å². The average molecular weight is 873 g/mol. The van der Waals surface area contributed by atoms with Crippen molar-refractivity contribution in [1.82, 2.24) is 0 Å². The molecular weight excluding hydrogens is 816 g/mol. The van der Waals surface area contributed by atoms with Gasteiger partial charge in [0.25, 0.3) is 5.97 Å². The molecule has 3 aliphatic heterocycles. The molecule has 1 aromatic rings. The van der Waals surface area contributed by atoms with Gasteiger partial charge in [0, 0.05) is 62.3 Å². The Morgan fingerprint density at radius 1 is 0.887 bits per heavy atom. The van der Waals surface area contributed by atoms with Crippen molar-refractivity contribution >= 4 is 35.8 Å². The Morgan fingerprint density at radius 3 is 2.06 bits per heavy atom. The van der Waals surface area contributed by atoms with Crippen LogP contribution >= 0.6 is 0 Å². The first-order valence-electron chi connectivity index (χ1n) is 21.1. The molecule has 7 fully saturated rings. The molecule has 340 valence electrons. The molecule has 18 heteroatoms. The van der Waals surface area contributed by atoms with Crippen molar-refractivity contribution in [2.75, 3.05) is 7.11 Å². The first-order valence-corrected chi connectivity index (χ1v) is 21.1. The summed E-state index contributed by atoms with van der Waals surface area (Å²) in [6, 6.07) is 1.51. The van der Waals surface area contributed by atoms with E-state index in [1.54, 1.807) is 48.5 Å². The van der Waals surface area contributed by atoms with Crippen LogP contribution in [-0.4, -0.2) is 106 Å². The first-order chi connectivity index (χ1) is 28.8. The summed E-state index contributed by atoms with van der Waals surface area (Å²) < 4.78 is 64.3. The molecular formula is C44H56O18. The number of carbonyl (C=O) groups is 6. The minimum absolute atomic E-state index is 0.183. The quantitative estimate of drug-likeness (QED) is 0.146. The maximum atomic E-state index is 15.0. The molecule has 7 aliphatic rings. The van der Waals surface area contributed by atoms with Gasteiger partial charge in [-0.3, -0.25) is 24.0 Å². The summed E-state index contributed by atoms with van der Waals surface area (Å²) in [7, 11) is 1.20. The number of ether oxygens (including phenoxy) is 9. The molecule has 0 amide bonds. The Labute approximate surface area is 358 Å². The Kier molecular flexibility index (Phi) is 9.60. The van der Waals surface area contributed by atoms with Gasteiger partial charge >= 0.3 is 35.8 Å². The fraction of sp³-hybridized carbons (Fsp3) is 0.727. The number of furan rings is 1. The number of rotatable bonds is 10. The average Bonchev–Trinajstić information content (AvgIpc) is 3.88. The molecule has 3 unspecified atom stereocenters. The van der Waals surface area contributed by atoms with Gasteiger partial charge in [-0.15, -0.1) is 0 Å². The monoisotopic (exact) mass is 872 g/mol. The maximum absolute atomic E-state index is 15.0. The number of fused-ring (bicyclic) bond motifs is 3. The third-order valence-electron chi connectivity index (χ3n) is 15.8. The summed E-state index contributed by atoms with van der Waals surface area (Å²) in [5, 5.41) is 26.7. The van der Waals surface area contributed by atoms with Crippen LogP contribution in [0.2, 0.25) is 0 Å². The summed E-state index contributed by atoms with van der Waals surface area (Å²) in [4.78, 5) is 84.2. The number of hydrogen-bond acceptors (Lipinski definition) is 18. The van der Waals surface area contributed by atoms with E-state index in [-0.39, 0.29) is 12.0 Å². The Hall–Kier alpha value is -4.52. The number of esters is 6. The second-order valence-corrected chi connectivity index (χ2v) is 19.3. The highest BCUT2D eigenvalue weighted by molar-refractivity contribution is 5.92. The van der Waals surface area contributed by atoms with Crippen LogP contribution in [0.25, 0.3) is 0 Å². The smallest absolute Gasteiger partial charge is 0.338 e. The number of hydrogen-bond donors (Lipinski definition) is 2. The van der Waals surface area contributed by atoms with E-state index in [0.717, 1.165) is 20.8 Å². The van der Waals surface area contributed by atoms with Gasteiger partial charge in [0.2, 0.25) is 0 Å². The molecule has 0 aromatic carbocycles. The second-order valence-electron chi connectivity index (χ2n) is 19.3. The fourth-order valence-corrected chi connectivity index (χ4v) is 13.9. The number of aliphatic hydroxyl groups is 2. The van der Waals surface area contributed by atoms with Crippen LogP contribution in [0, 0.1) is 39.9 Å². The number of aliphatic hydroxyl groups excluding tert-OH is 1. The molecule has 8 rings (SSSR count). The van der Waals surface area contributed by atoms with Crippen molar-refractivity contribution in [3.8, 4) is 0 Å². The lowest BCUT2D eigenvalue weighted by molar-refractivity contribution is -0.490. The summed E-state index contributed by atoms with van der Waals surface area (Å²) in [5.74, 6) is -12.3. The van der Waals surface area contributed by atoms with Gasteiger partial charge in [0.1, 0.15) is 23.6 Å². The Bertz CT molecular complexity index is 2160. The zero-order valence-corrected chi connectivity index (χ0v) is 37.0. The fourth-order valence-electron chi connectivity index (χ4n) is 13.9. The van der Waals surface area contributed by atoms with Crippen molar-refractivity contribution in [2.45, 2.75) is 154 Å². The van der Waals surface area contributed by atoms with E-state index in [2.05, 4.69) is 0 Å². The number of allylic oxidation sites excluding steroid dienone is 1. The third-order valence-corrected chi connectivity index (χ3v) is 15.8. The molecule has 62 heavy (non-hydrogen) atoms. The van der Waals surface area contributed by atoms with E-state index >= 15 is 0 Å². The largest absolute Gasteiger partial charge is 0.511 e. The van der Waals surface area contributed by atoms with Crippen LogP contribution < -0.4 is 0 Å². The number of carbonyl (C=O) groups excluding carboxylic acids is 6. The van der Waals surface area contributed by atoms with Crippen molar-refractivity contribution in [3.63, 3.8) is 0 Å². The Morgan fingerprint density at radius 2 is 1.52 bits per heavy atom. The van der Waals surface area contributed by atoms with Crippen molar-refractivity contribution in [3.05, 3.63) is 35.5 Å². The molecule has 0 radical (unpaired) electrons. The second kappa shape index (κ2) is 13.5. The van der Waals surface area contributed by atoms with Crippen LogP contribution in [0.5, 0.6) is 0 Å². The van der Waals surface area contributed by atoms with E-state index in [4.69, 9.17) is 47.0 Å². The first kappa shape index (κ1) is 44.1.